The Bertz CT molecular complexity index is 871. The van der Waals surface area contributed by atoms with Crippen LogP contribution in [0, 0.1) is 17.0 Å². The Morgan fingerprint density at radius 2 is 2.17 bits per heavy atom. The SMILES string of the molecule is Cc1ccc(-c2nsc(NC(=O)c3ccc([N+](=O)[O-])cn3)n2)o1. The fourth-order valence-electron chi connectivity index (χ4n) is 1.72. The van der Waals surface area contributed by atoms with E-state index in [1.165, 1.54) is 12.1 Å². The molecule has 9 nitrogen and oxygen atoms in total. The molecule has 3 aromatic rings. The molecule has 1 amide bonds. The summed E-state index contributed by atoms with van der Waals surface area (Å²) in [5.74, 6) is 1.08. The van der Waals surface area contributed by atoms with Gasteiger partial charge in [-0.1, -0.05) is 0 Å². The highest BCUT2D eigenvalue weighted by Crippen LogP contribution is 2.23. The standard InChI is InChI=1S/C13H9N5O4S/c1-7-2-5-10(22-7)11-15-13(23-17-11)16-12(19)9-4-3-8(6-14-9)18(20)21/h2-6H,1H3,(H,15,16,17,19). The number of aromatic nitrogens is 3. The third-order valence-corrected chi connectivity index (χ3v) is 3.43. The molecule has 116 valence electrons. The van der Waals surface area contributed by atoms with Crippen LogP contribution in [0.25, 0.3) is 11.6 Å². The van der Waals surface area contributed by atoms with Gasteiger partial charge in [-0.2, -0.15) is 9.36 Å². The van der Waals surface area contributed by atoms with Crippen LogP contribution >= 0.6 is 11.5 Å². The van der Waals surface area contributed by atoms with E-state index in [0.717, 1.165) is 23.5 Å². The lowest BCUT2D eigenvalue weighted by Crippen LogP contribution is -2.13. The van der Waals surface area contributed by atoms with Gasteiger partial charge in [-0.05, 0) is 25.1 Å². The molecule has 0 spiro atoms. The van der Waals surface area contributed by atoms with Crippen molar-refractivity contribution in [1.29, 1.82) is 0 Å². The van der Waals surface area contributed by atoms with Gasteiger partial charge in [-0.25, -0.2) is 4.98 Å². The Morgan fingerprint density at radius 3 is 2.78 bits per heavy atom. The monoisotopic (exact) mass is 331 g/mol. The van der Waals surface area contributed by atoms with Crippen LogP contribution in [0.2, 0.25) is 0 Å². The maximum Gasteiger partial charge on any atom is 0.287 e. The number of hydrogen-bond donors (Lipinski definition) is 1. The third kappa shape index (κ3) is 3.21. The molecule has 1 N–H and O–H groups in total. The summed E-state index contributed by atoms with van der Waals surface area (Å²) in [7, 11) is 0. The summed E-state index contributed by atoms with van der Waals surface area (Å²) in [5.41, 5.74) is -0.144. The van der Waals surface area contributed by atoms with Crippen LogP contribution in [-0.2, 0) is 0 Å². The number of nitro groups is 1. The maximum absolute atomic E-state index is 12.0. The number of anilines is 1. The average Bonchev–Trinajstić information content (AvgIpc) is 3.16. The fraction of sp³-hybridized carbons (Fsp3) is 0.0769. The first-order valence-electron chi connectivity index (χ1n) is 6.35. The number of nitrogens with one attached hydrogen (secondary N) is 1. The van der Waals surface area contributed by atoms with Gasteiger partial charge < -0.3 is 4.42 Å². The minimum Gasteiger partial charge on any atom is -0.458 e. The van der Waals surface area contributed by atoms with E-state index in [4.69, 9.17) is 4.42 Å². The molecule has 0 aromatic carbocycles. The zero-order valence-electron chi connectivity index (χ0n) is 11.7. The normalized spacial score (nSPS) is 10.5. The van der Waals surface area contributed by atoms with E-state index in [1.807, 2.05) is 0 Å². The molecule has 0 atom stereocenters. The van der Waals surface area contributed by atoms with E-state index in [1.54, 1.807) is 19.1 Å². The number of carbonyl (C=O) groups excluding carboxylic acids is 1. The van der Waals surface area contributed by atoms with E-state index >= 15 is 0 Å². The van der Waals surface area contributed by atoms with Crippen LogP contribution in [0.1, 0.15) is 16.2 Å². The lowest BCUT2D eigenvalue weighted by atomic mass is 10.3. The smallest absolute Gasteiger partial charge is 0.287 e. The Hall–Kier alpha value is -3.14. The number of furan rings is 1. The van der Waals surface area contributed by atoms with Gasteiger partial charge in [0.1, 0.15) is 17.7 Å². The van der Waals surface area contributed by atoms with Gasteiger partial charge in [-0.3, -0.25) is 20.2 Å². The van der Waals surface area contributed by atoms with Crippen molar-refractivity contribution in [3.05, 3.63) is 52.0 Å². The molecule has 0 fully saturated rings. The lowest BCUT2D eigenvalue weighted by molar-refractivity contribution is -0.385. The van der Waals surface area contributed by atoms with Crippen LogP contribution in [-0.4, -0.2) is 25.2 Å². The number of aryl methyl sites for hydroxylation is 1. The Kier molecular flexibility index (Phi) is 3.81. The second kappa shape index (κ2) is 5.93. The van der Waals surface area contributed by atoms with Gasteiger partial charge in [0.05, 0.1) is 4.92 Å². The molecule has 0 aliphatic rings. The van der Waals surface area contributed by atoms with Crippen molar-refractivity contribution in [1.82, 2.24) is 14.3 Å². The second-order valence-electron chi connectivity index (χ2n) is 4.45. The Morgan fingerprint density at radius 1 is 1.35 bits per heavy atom. The van der Waals surface area contributed by atoms with Crippen molar-refractivity contribution < 1.29 is 14.1 Å². The van der Waals surface area contributed by atoms with Crippen molar-refractivity contribution in [2.45, 2.75) is 6.92 Å². The van der Waals surface area contributed by atoms with Crippen LogP contribution in [0.5, 0.6) is 0 Å². The molecule has 23 heavy (non-hydrogen) atoms. The average molecular weight is 331 g/mol. The van der Waals surface area contributed by atoms with Crippen molar-refractivity contribution in [2.75, 3.05) is 5.32 Å². The van der Waals surface area contributed by atoms with Crippen LogP contribution in [0.3, 0.4) is 0 Å². The van der Waals surface area contributed by atoms with Crippen LogP contribution < -0.4 is 5.32 Å². The number of carbonyl (C=O) groups is 1. The van der Waals surface area contributed by atoms with E-state index in [9.17, 15) is 14.9 Å². The molecule has 3 heterocycles. The Labute approximate surface area is 133 Å². The highest BCUT2D eigenvalue weighted by molar-refractivity contribution is 7.10. The third-order valence-electron chi connectivity index (χ3n) is 2.80. The summed E-state index contributed by atoms with van der Waals surface area (Å²) in [6, 6.07) is 6.00. The number of amides is 1. The summed E-state index contributed by atoms with van der Waals surface area (Å²) in [5, 5.41) is 13.4. The predicted octanol–water partition coefficient (Wildman–Crippen LogP) is 2.66. The van der Waals surface area contributed by atoms with Crippen molar-refractivity contribution in [3.8, 4) is 11.6 Å². The van der Waals surface area contributed by atoms with Gasteiger partial charge in [0.15, 0.2) is 5.76 Å². The molecule has 0 radical (unpaired) electrons. The second-order valence-corrected chi connectivity index (χ2v) is 5.20. The van der Waals surface area contributed by atoms with Gasteiger partial charge in [0.2, 0.25) is 11.0 Å². The molecule has 3 rings (SSSR count). The van der Waals surface area contributed by atoms with E-state index in [2.05, 4.69) is 19.7 Å². The topological polar surface area (TPSA) is 124 Å². The molecule has 0 unspecified atom stereocenters. The first kappa shape index (κ1) is 14.8. The summed E-state index contributed by atoms with van der Waals surface area (Å²) < 4.78 is 9.50. The zero-order chi connectivity index (χ0) is 16.4. The minimum absolute atomic E-state index is 0.0428. The van der Waals surface area contributed by atoms with Crippen LogP contribution in [0.4, 0.5) is 10.8 Å². The summed E-state index contributed by atoms with van der Waals surface area (Å²) in [6.07, 6.45) is 1.02. The molecular weight excluding hydrogens is 322 g/mol. The first-order valence-corrected chi connectivity index (χ1v) is 7.12. The van der Waals surface area contributed by atoms with E-state index < -0.39 is 10.8 Å². The fourth-order valence-corrected chi connectivity index (χ4v) is 2.29. The highest BCUT2D eigenvalue weighted by Gasteiger charge is 2.15. The molecule has 0 bridgehead atoms. The molecular formula is C13H9N5O4S. The van der Waals surface area contributed by atoms with Gasteiger partial charge >= 0.3 is 0 Å². The van der Waals surface area contributed by atoms with E-state index in [0.29, 0.717) is 11.6 Å². The predicted molar refractivity (Wildman–Crippen MR) is 81.2 cm³/mol. The highest BCUT2D eigenvalue weighted by atomic mass is 32.1. The molecule has 0 saturated heterocycles. The largest absolute Gasteiger partial charge is 0.458 e. The van der Waals surface area contributed by atoms with Gasteiger partial charge in [-0.15, -0.1) is 0 Å². The number of hydrogen-bond acceptors (Lipinski definition) is 8. The van der Waals surface area contributed by atoms with Crippen molar-refractivity contribution in [2.24, 2.45) is 0 Å². The maximum atomic E-state index is 12.0. The number of pyridine rings is 1. The van der Waals surface area contributed by atoms with Crippen molar-refractivity contribution >= 4 is 28.3 Å². The molecule has 3 aromatic heterocycles. The summed E-state index contributed by atoms with van der Waals surface area (Å²) >= 11 is 0.996. The molecule has 0 aliphatic heterocycles. The number of rotatable bonds is 4. The van der Waals surface area contributed by atoms with Crippen LogP contribution in [0.15, 0.2) is 34.9 Å². The van der Waals surface area contributed by atoms with Crippen molar-refractivity contribution in [3.63, 3.8) is 0 Å². The first-order chi connectivity index (χ1) is 11.0. The lowest BCUT2D eigenvalue weighted by Gasteiger charge is -1.99. The summed E-state index contributed by atoms with van der Waals surface area (Å²) in [6.45, 7) is 1.80. The van der Waals surface area contributed by atoms with Gasteiger partial charge in [0.25, 0.3) is 11.6 Å². The quantitative estimate of drug-likeness (QED) is 0.575. The molecule has 0 aliphatic carbocycles. The van der Waals surface area contributed by atoms with E-state index in [-0.39, 0.29) is 16.5 Å². The molecule has 0 saturated carbocycles. The minimum atomic E-state index is -0.586. The molecule has 10 heteroatoms. The zero-order valence-corrected chi connectivity index (χ0v) is 12.5. The van der Waals surface area contributed by atoms with Gasteiger partial charge in [0, 0.05) is 17.6 Å². The summed E-state index contributed by atoms with van der Waals surface area (Å²) in [4.78, 5) is 29.9. The number of nitrogens with zero attached hydrogens (tertiary/aromatic N) is 4. The Balaban J connectivity index is 1.73.